The van der Waals surface area contributed by atoms with Crippen LogP contribution in [0.1, 0.15) is 42.5 Å². The number of hydrogen-bond acceptors (Lipinski definition) is 1. The third-order valence-corrected chi connectivity index (χ3v) is 3.62. The summed E-state index contributed by atoms with van der Waals surface area (Å²) in [5, 5.41) is 3.39. The minimum absolute atomic E-state index is 0.196. The Labute approximate surface area is 105 Å². The Kier molecular flexibility index (Phi) is 3.66. The van der Waals surface area contributed by atoms with Gasteiger partial charge in [-0.3, -0.25) is 0 Å². The standard InChI is InChI=1S/C14H18F3N/c1-9-3-6-13(18-8-9)11-4-5-12(10(2)7-11)14(15,16)17/h4-5,7,9,13,18H,3,6,8H2,1-2H3. The third-order valence-electron chi connectivity index (χ3n) is 3.62. The van der Waals surface area contributed by atoms with Crippen LogP contribution in [0.3, 0.4) is 0 Å². The van der Waals surface area contributed by atoms with Gasteiger partial charge in [0.1, 0.15) is 0 Å². The molecule has 2 unspecified atom stereocenters. The van der Waals surface area contributed by atoms with Crippen molar-refractivity contribution in [3.05, 3.63) is 34.9 Å². The molecule has 0 aromatic heterocycles. The Morgan fingerprint density at radius 1 is 1.22 bits per heavy atom. The first-order valence-corrected chi connectivity index (χ1v) is 6.29. The van der Waals surface area contributed by atoms with Gasteiger partial charge in [0.15, 0.2) is 0 Å². The van der Waals surface area contributed by atoms with Gasteiger partial charge >= 0.3 is 6.18 Å². The fourth-order valence-electron chi connectivity index (χ4n) is 2.50. The average molecular weight is 257 g/mol. The van der Waals surface area contributed by atoms with Gasteiger partial charge in [-0.05, 0) is 49.4 Å². The summed E-state index contributed by atoms with van der Waals surface area (Å²) in [5.41, 5.74) is 0.739. The summed E-state index contributed by atoms with van der Waals surface area (Å²) < 4.78 is 38.0. The van der Waals surface area contributed by atoms with Gasteiger partial charge in [-0.1, -0.05) is 19.1 Å². The van der Waals surface area contributed by atoms with Crippen molar-refractivity contribution in [2.75, 3.05) is 6.54 Å². The van der Waals surface area contributed by atoms with E-state index in [1.165, 1.54) is 13.0 Å². The molecule has 1 heterocycles. The van der Waals surface area contributed by atoms with Gasteiger partial charge in [0.25, 0.3) is 0 Å². The number of piperidine rings is 1. The maximum absolute atomic E-state index is 12.7. The zero-order valence-corrected chi connectivity index (χ0v) is 10.6. The molecular weight excluding hydrogens is 239 g/mol. The van der Waals surface area contributed by atoms with Crippen molar-refractivity contribution in [3.8, 4) is 0 Å². The van der Waals surface area contributed by atoms with Crippen LogP contribution in [-0.2, 0) is 6.18 Å². The zero-order chi connectivity index (χ0) is 13.3. The highest BCUT2D eigenvalue weighted by Gasteiger charge is 2.32. The Bertz CT molecular complexity index is 418. The molecule has 1 saturated heterocycles. The van der Waals surface area contributed by atoms with Gasteiger partial charge < -0.3 is 5.32 Å². The van der Waals surface area contributed by atoms with Gasteiger partial charge in [0.2, 0.25) is 0 Å². The summed E-state index contributed by atoms with van der Waals surface area (Å²) >= 11 is 0. The maximum atomic E-state index is 12.7. The summed E-state index contributed by atoms with van der Waals surface area (Å²) in [5.74, 6) is 0.650. The van der Waals surface area contributed by atoms with Gasteiger partial charge in [-0.15, -0.1) is 0 Å². The van der Waals surface area contributed by atoms with E-state index < -0.39 is 11.7 Å². The molecule has 18 heavy (non-hydrogen) atoms. The van der Waals surface area contributed by atoms with Crippen molar-refractivity contribution in [2.24, 2.45) is 5.92 Å². The molecule has 1 aliphatic heterocycles. The first-order chi connectivity index (χ1) is 8.38. The molecule has 0 amide bonds. The van der Waals surface area contributed by atoms with Crippen LogP contribution in [0.25, 0.3) is 0 Å². The van der Waals surface area contributed by atoms with Crippen LogP contribution in [-0.4, -0.2) is 6.54 Å². The summed E-state index contributed by atoms with van der Waals surface area (Å²) in [6.07, 6.45) is -2.14. The van der Waals surface area contributed by atoms with E-state index in [0.29, 0.717) is 11.5 Å². The Balaban J connectivity index is 2.19. The van der Waals surface area contributed by atoms with Crippen LogP contribution in [0.2, 0.25) is 0 Å². The monoisotopic (exact) mass is 257 g/mol. The molecule has 0 saturated carbocycles. The highest BCUT2D eigenvalue weighted by molar-refractivity contribution is 5.34. The zero-order valence-electron chi connectivity index (χ0n) is 10.6. The van der Waals surface area contributed by atoms with E-state index >= 15 is 0 Å². The van der Waals surface area contributed by atoms with E-state index in [9.17, 15) is 13.2 Å². The Hall–Kier alpha value is -1.03. The SMILES string of the molecule is Cc1cc(C2CCC(C)CN2)ccc1C(F)(F)F. The molecule has 2 rings (SSSR count). The number of halogens is 3. The van der Waals surface area contributed by atoms with Crippen LogP contribution >= 0.6 is 0 Å². The second-order valence-corrected chi connectivity index (χ2v) is 5.22. The molecule has 1 aromatic carbocycles. The molecule has 0 aliphatic carbocycles. The van der Waals surface area contributed by atoms with Crippen molar-refractivity contribution in [2.45, 2.75) is 38.9 Å². The molecule has 2 atom stereocenters. The highest BCUT2D eigenvalue weighted by Crippen LogP contribution is 2.34. The van der Waals surface area contributed by atoms with Crippen LogP contribution < -0.4 is 5.32 Å². The molecule has 1 aliphatic rings. The molecule has 0 radical (unpaired) electrons. The second-order valence-electron chi connectivity index (χ2n) is 5.22. The van der Waals surface area contributed by atoms with E-state index in [-0.39, 0.29) is 6.04 Å². The molecular formula is C14H18F3N. The van der Waals surface area contributed by atoms with Crippen molar-refractivity contribution in [1.82, 2.24) is 5.32 Å². The van der Waals surface area contributed by atoms with Gasteiger partial charge in [0, 0.05) is 6.04 Å². The molecule has 0 spiro atoms. The van der Waals surface area contributed by atoms with Crippen molar-refractivity contribution in [3.63, 3.8) is 0 Å². The van der Waals surface area contributed by atoms with E-state index in [2.05, 4.69) is 12.2 Å². The van der Waals surface area contributed by atoms with E-state index in [4.69, 9.17) is 0 Å². The largest absolute Gasteiger partial charge is 0.416 e. The Morgan fingerprint density at radius 2 is 1.94 bits per heavy atom. The van der Waals surface area contributed by atoms with Crippen molar-refractivity contribution in [1.29, 1.82) is 0 Å². The lowest BCUT2D eigenvalue weighted by atomic mass is 9.90. The van der Waals surface area contributed by atoms with Gasteiger partial charge in [-0.25, -0.2) is 0 Å². The lowest BCUT2D eigenvalue weighted by molar-refractivity contribution is -0.138. The van der Waals surface area contributed by atoms with Crippen LogP contribution in [0.5, 0.6) is 0 Å². The number of hydrogen-bond donors (Lipinski definition) is 1. The predicted octanol–water partition coefficient (Wildman–Crippen LogP) is 4.07. The molecule has 0 bridgehead atoms. The van der Waals surface area contributed by atoms with Crippen LogP contribution in [0, 0.1) is 12.8 Å². The van der Waals surface area contributed by atoms with E-state index in [1.807, 2.05) is 0 Å². The fraction of sp³-hybridized carbons (Fsp3) is 0.571. The lowest BCUT2D eigenvalue weighted by Gasteiger charge is -2.28. The molecule has 4 heteroatoms. The second kappa shape index (κ2) is 4.92. The molecule has 1 N–H and O–H groups in total. The molecule has 100 valence electrons. The maximum Gasteiger partial charge on any atom is 0.416 e. The smallest absolute Gasteiger partial charge is 0.310 e. The average Bonchev–Trinajstić information content (AvgIpc) is 2.28. The Morgan fingerprint density at radius 3 is 2.44 bits per heavy atom. The van der Waals surface area contributed by atoms with E-state index in [1.54, 1.807) is 12.1 Å². The summed E-state index contributed by atoms with van der Waals surface area (Å²) in [6, 6.07) is 4.66. The predicted molar refractivity (Wildman–Crippen MR) is 65.3 cm³/mol. The lowest BCUT2D eigenvalue weighted by Crippen LogP contribution is -2.31. The third kappa shape index (κ3) is 2.86. The molecule has 1 aromatic rings. The minimum Gasteiger partial charge on any atom is -0.310 e. The molecule has 1 fully saturated rings. The normalized spacial score (nSPS) is 25.2. The number of nitrogens with one attached hydrogen (secondary N) is 1. The van der Waals surface area contributed by atoms with E-state index in [0.717, 1.165) is 24.9 Å². The van der Waals surface area contributed by atoms with Gasteiger partial charge in [-0.2, -0.15) is 13.2 Å². The topological polar surface area (TPSA) is 12.0 Å². The summed E-state index contributed by atoms with van der Waals surface area (Å²) in [4.78, 5) is 0. The summed E-state index contributed by atoms with van der Waals surface area (Å²) in [6.45, 7) is 4.64. The minimum atomic E-state index is -4.25. The molecule has 1 nitrogen and oxygen atoms in total. The first kappa shape index (κ1) is 13.4. The number of aryl methyl sites for hydroxylation is 1. The first-order valence-electron chi connectivity index (χ1n) is 6.29. The van der Waals surface area contributed by atoms with Crippen LogP contribution in [0.4, 0.5) is 13.2 Å². The number of alkyl halides is 3. The summed E-state index contributed by atoms with van der Waals surface area (Å²) in [7, 11) is 0. The van der Waals surface area contributed by atoms with Crippen molar-refractivity contribution < 1.29 is 13.2 Å². The quantitative estimate of drug-likeness (QED) is 0.799. The number of benzene rings is 1. The highest BCUT2D eigenvalue weighted by atomic mass is 19.4. The van der Waals surface area contributed by atoms with Crippen LogP contribution in [0.15, 0.2) is 18.2 Å². The van der Waals surface area contributed by atoms with Crippen molar-refractivity contribution >= 4 is 0 Å². The number of rotatable bonds is 1. The van der Waals surface area contributed by atoms with Gasteiger partial charge in [0.05, 0.1) is 5.56 Å². The fourth-order valence-corrected chi connectivity index (χ4v) is 2.50.